The van der Waals surface area contributed by atoms with Gasteiger partial charge in [0.1, 0.15) is 23.6 Å². The first kappa shape index (κ1) is 100. The number of nitrogens with one attached hydrogen (secondary N) is 5. The minimum atomic E-state index is -0.727. The molecule has 0 unspecified atom stereocenters. The van der Waals surface area contributed by atoms with Crippen LogP contribution in [0.1, 0.15) is 149 Å². The van der Waals surface area contributed by atoms with Crippen molar-refractivity contribution in [1.29, 1.82) is 0 Å². The molecule has 8 aliphatic rings. The van der Waals surface area contributed by atoms with Crippen molar-refractivity contribution in [3.8, 4) is 33.8 Å². The number of nitrogens with zero attached hydrogens (tertiary/aromatic N) is 5. The molecule has 7 N–H and O–H groups in total. The summed E-state index contributed by atoms with van der Waals surface area (Å²) in [6, 6.07) is 42.8. The van der Waals surface area contributed by atoms with Crippen LogP contribution in [0.4, 0.5) is 11.4 Å². The fourth-order valence-corrected chi connectivity index (χ4v) is 18.0. The molecule has 647 valence electrons. The van der Waals surface area contributed by atoms with Crippen LogP contribution in [-0.4, -0.2) is 226 Å². The number of hydrogen-bond donors (Lipinski definition) is 7. The van der Waals surface area contributed by atoms with Crippen LogP contribution in [-0.2, 0) is 57.8 Å². The first-order chi connectivity index (χ1) is 55.9. The maximum absolute atomic E-state index is 13.9. The van der Waals surface area contributed by atoms with Crippen molar-refractivity contribution in [2.24, 2.45) is 46.3 Å². The number of rotatable bonds is 25. The first-order valence-electron chi connectivity index (χ1n) is 41.0. The number of carbonyl (C=O) groups excluding carboxylic acids is 8. The summed E-state index contributed by atoms with van der Waals surface area (Å²) in [5, 5.41) is 37.0. The van der Waals surface area contributed by atoms with Gasteiger partial charge in [0.15, 0.2) is 6.29 Å². The number of likely N-dealkylation sites (N-methyl/N-ethyl adjacent to an activating group) is 2. The van der Waals surface area contributed by atoms with Crippen molar-refractivity contribution in [3.63, 3.8) is 0 Å². The summed E-state index contributed by atoms with van der Waals surface area (Å²) >= 11 is 0. The van der Waals surface area contributed by atoms with Crippen molar-refractivity contribution < 1.29 is 102 Å². The molecule has 3 radical (unpaired) electrons. The van der Waals surface area contributed by atoms with E-state index in [1.807, 2.05) is 163 Å². The molecule has 0 spiro atoms. The number of ether oxygens (including phenoxy) is 2. The summed E-state index contributed by atoms with van der Waals surface area (Å²) in [6.45, 7) is 20.8. The first-order valence-corrected chi connectivity index (χ1v) is 41.0. The second kappa shape index (κ2) is 46.2. The number of anilines is 2. The monoisotopic (exact) mass is 1680 g/mol. The Morgan fingerprint density at radius 3 is 1.38 bits per heavy atom. The fourth-order valence-electron chi connectivity index (χ4n) is 18.0. The van der Waals surface area contributed by atoms with Crippen molar-refractivity contribution in [2.45, 2.75) is 169 Å². The molecule has 14 atom stereocenters. The van der Waals surface area contributed by atoms with Crippen molar-refractivity contribution in [2.75, 3.05) is 107 Å². The van der Waals surface area contributed by atoms with Gasteiger partial charge in [0.2, 0.25) is 17.8 Å². The Morgan fingerprint density at radius 1 is 0.575 bits per heavy atom. The van der Waals surface area contributed by atoms with E-state index in [0.29, 0.717) is 101 Å². The number of hydrogen-bond acceptors (Lipinski definition) is 21. The van der Waals surface area contributed by atoms with Crippen molar-refractivity contribution >= 4 is 79.7 Å². The topological polar surface area (TPSA) is 300 Å². The molecular weight excluding hydrogens is 1550 g/mol. The molecule has 120 heavy (non-hydrogen) atoms. The number of aldehydes is 1. The van der Waals surface area contributed by atoms with Crippen LogP contribution in [0.15, 0.2) is 133 Å². The number of amides is 4. The number of aliphatic hydroxyl groups is 2. The van der Waals surface area contributed by atoms with E-state index < -0.39 is 42.2 Å². The molecule has 6 aromatic carbocycles. The molecule has 6 aliphatic carbocycles. The van der Waals surface area contributed by atoms with Crippen molar-refractivity contribution in [3.05, 3.63) is 167 Å². The molecule has 4 bridgehead atoms. The average molecular weight is 1680 g/mol. The van der Waals surface area contributed by atoms with Crippen LogP contribution < -0.4 is 75.4 Å². The van der Waals surface area contributed by atoms with Gasteiger partial charge >= 0.3 is 41.5 Å². The summed E-state index contributed by atoms with van der Waals surface area (Å²) in [4.78, 5) is 112. The summed E-state index contributed by atoms with van der Waals surface area (Å²) in [5.41, 5.74) is 10.7. The number of likely N-dealkylation sites (tertiary alicyclic amines) is 1. The van der Waals surface area contributed by atoms with Crippen LogP contribution in [0, 0.1) is 46.3 Å². The predicted octanol–water partition coefficient (Wildman–Crippen LogP) is 7.58. The Hall–Kier alpha value is -8.41. The zero-order valence-electron chi connectivity index (χ0n) is 74.0. The average Bonchev–Trinajstić information content (AvgIpc) is 0.760. The molecule has 2 aliphatic heterocycles. The van der Waals surface area contributed by atoms with Gasteiger partial charge in [-0.1, -0.05) is 133 Å². The SMILES string of the molecule is CC(=O)OOC(C)=O.COc1c(C=O)cccc1-c1cc(C(=O)N[C@@H](Cc2ccccc2)CN(C)C)cc(N(C)C)c1.COc1c(CN2CC[C@H](O)[C@H]2C(=O)N[C@H]2C[C@H]3C[C@@H]([C@@H]2C)C3(C)C)cccc1-c1cc(C(=O)N[C@@H](Cc2ccccc2)CN(C)C)cc(N(C)C)c1.C[C@@H]1[C@@H](NC(=O)[C@H]2NCC[C@@H]2O)C[C@H]2C[C@@H]1C2(C)C.Cl.[B-]OC(C)=O.[Na+]. The third kappa shape index (κ3) is 26.8. The van der Waals surface area contributed by atoms with E-state index in [1.54, 1.807) is 20.3 Å². The van der Waals surface area contributed by atoms with Crippen LogP contribution in [0.2, 0.25) is 0 Å². The Kier molecular flexibility index (Phi) is 38.6. The molecule has 2 saturated heterocycles. The van der Waals surface area contributed by atoms with E-state index in [4.69, 9.17) is 9.47 Å². The van der Waals surface area contributed by atoms with Gasteiger partial charge in [-0.15, -0.1) is 12.4 Å². The fraction of sp³-hybridized carbons (Fsp3) is 0.522. The Bertz CT molecular complexity index is 4380. The molecular formula is C92H128BClN10NaO15. The molecule has 2 heterocycles. The Balaban J connectivity index is 0.000000279. The van der Waals surface area contributed by atoms with Gasteiger partial charge in [-0.2, -0.15) is 0 Å². The molecule has 4 amide bonds. The Morgan fingerprint density at radius 2 is 1.01 bits per heavy atom. The number of carbonyl (C=O) groups is 8. The smallest absolute Gasteiger partial charge is 0.793 e. The molecule has 14 rings (SSSR count). The second-order valence-corrected chi connectivity index (χ2v) is 34.6. The van der Waals surface area contributed by atoms with Gasteiger partial charge in [0.05, 0.1) is 32.0 Å². The summed E-state index contributed by atoms with van der Waals surface area (Å²) in [7, 11) is 23.4. The largest absolute Gasteiger partial charge is 1.00 e. The zero-order chi connectivity index (χ0) is 86.6. The van der Waals surface area contributed by atoms with Crippen molar-refractivity contribution in [1.82, 2.24) is 41.3 Å². The number of fused-ring (bicyclic) bond motifs is 4. The van der Waals surface area contributed by atoms with E-state index in [9.17, 15) is 48.6 Å². The molecule has 28 heteroatoms. The van der Waals surface area contributed by atoms with Gasteiger partial charge < -0.3 is 78.6 Å². The third-order valence-corrected chi connectivity index (χ3v) is 24.6. The standard InChI is InChI=1S/C43H59N5O4.C28H33N3O3.C15H26N2O2.C4H6O4.C2H3BO2.ClH.Na/c1-27-36-23-32(43(36,2)3)24-37(27)45-42(51)39-38(49)17-18-48(39)25-29-15-12-16-35(40(29)52-8)30-20-31(22-34(21-30)47(6)7)41(50)44-33(26-46(4)5)19-28-13-10-9-11-14-28;1-30(2)18-24(14-20-10-7-6-8-11-20)29-28(33)23-15-22(16-25(17-23)31(3)4)26-13-9-12-21(19-32)27(26)34-5;1-8-10-6-9(15(10,2)3)7-11(8)17-14(19)13-12(18)4-5-16-13;1-3(5)7-8-4(2)6;1-2(4)5-3;;/h9-16,20-22,27,32-33,36-39,49H,17-19,23-26H2,1-8H3,(H,44,50)(H,45,51);6-13,15-17,19,24H,14,18H2,1-5H3,(H,29,33);8-13,16,18H,4-7H2,1-3H3,(H,17,19);1-2H3;1H3;1H;/q;;;;-1;;+1/t27-,32+,33-,36-,37-,38-,39-;24-;8-,9+,10-,11-,12-,13-;;;;/m000..../s1. The van der Waals surface area contributed by atoms with E-state index in [0.717, 1.165) is 110 Å². The molecule has 6 aromatic rings. The van der Waals surface area contributed by atoms with Gasteiger partial charge in [0.25, 0.3) is 11.8 Å². The normalized spacial score (nSPS) is 22.8. The van der Waals surface area contributed by atoms with Gasteiger partial charge in [-0.3, -0.25) is 33.7 Å². The van der Waals surface area contributed by atoms with Crippen LogP contribution in [0.25, 0.3) is 22.3 Å². The number of halogens is 1. The molecule has 8 fully saturated rings. The summed E-state index contributed by atoms with van der Waals surface area (Å²) in [6.07, 6.45) is 6.89. The minimum absolute atomic E-state index is 0. The van der Waals surface area contributed by atoms with E-state index >= 15 is 0 Å². The summed E-state index contributed by atoms with van der Waals surface area (Å²) < 4.78 is 15.3. The van der Waals surface area contributed by atoms with E-state index in [1.165, 1.54) is 30.9 Å². The van der Waals surface area contributed by atoms with E-state index in [2.05, 4.69) is 136 Å². The van der Waals surface area contributed by atoms with E-state index in [-0.39, 0.29) is 83.7 Å². The maximum atomic E-state index is 13.9. The molecule has 0 aromatic heterocycles. The third-order valence-electron chi connectivity index (χ3n) is 24.6. The number of aliphatic hydroxyl groups excluding tert-OH is 2. The molecule has 25 nitrogen and oxygen atoms in total. The van der Waals surface area contributed by atoms with Gasteiger partial charge in [-0.25, -0.2) is 19.4 Å². The van der Waals surface area contributed by atoms with Crippen LogP contribution in [0.5, 0.6) is 11.5 Å². The maximum Gasteiger partial charge on any atom is 1.00 e. The summed E-state index contributed by atoms with van der Waals surface area (Å²) in [5.74, 6) is 2.80. The second-order valence-electron chi connectivity index (χ2n) is 34.6. The Labute approximate surface area is 740 Å². The quantitative estimate of drug-likeness (QED) is 0.0126. The zero-order valence-corrected chi connectivity index (χ0v) is 76.8. The predicted molar refractivity (Wildman–Crippen MR) is 469 cm³/mol. The van der Waals surface area contributed by atoms with Gasteiger partial charge in [0, 0.05) is 139 Å². The number of para-hydroxylation sites is 2. The minimum Gasteiger partial charge on any atom is -0.793 e. The van der Waals surface area contributed by atoms with Crippen LogP contribution >= 0.6 is 12.4 Å². The van der Waals surface area contributed by atoms with Crippen LogP contribution in [0.3, 0.4) is 0 Å². The number of benzene rings is 6. The molecule has 6 saturated carbocycles. The van der Waals surface area contributed by atoms with Gasteiger partial charge in [-0.05, 0) is 197 Å². The number of methoxy groups -OCH3 is 2.